The summed E-state index contributed by atoms with van der Waals surface area (Å²) >= 11 is 0. The van der Waals surface area contributed by atoms with Gasteiger partial charge in [-0.2, -0.15) is 0 Å². The van der Waals surface area contributed by atoms with Gasteiger partial charge in [0.15, 0.2) is 0 Å². The minimum atomic E-state index is 0.282. The first-order chi connectivity index (χ1) is 7.70. The number of Topliss-reactive ketones (excluding diaryl/α,β-unsaturated/α-hetero) is 1. The van der Waals surface area contributed by atoms with Crippen molar-refractivity contribution in [2.24, 2.45) is 0 Å². The molecule has 0 saturated heterocycles. The molecule has 0 amide bonds. The number of nitrogens with zero attached hydrogens (tertiary/aromatic N) is 1. The average Bonchev–Trinajstić information content (AvgIpc) is 2.25. The van der Waals surface area contributed by atoms with Crippen molar-refractivity contribution in [2.75, 3.05) is 19.6 Å². The molecule has 0 aromatic rings. The van der Waals surface area contributed by atoms with E-state index in [-0.39, 0.29) is 5.78 Å². The summed E-state index contributed by atoms with van der Waals surface area (Å²) in [4.78, 5) is 13.2. The zero-order valence-corrected chi connectivity index (χ0v) is 11.4. The number of hydrogen-bond acceptors (Lipinski definition) is 2. The lowest BCUT2D eigenvalue weighted by atomic mass is 10.1. The van der Waals surface area contributed by atoms with Crippen LogP contribution in [-0.4, -0.2) is 30.3 Å². The van der Waals surface area contributed by atoms with E-state index < -0.39 is 0 Å². The van der Waals surface area contributed by atoms with Crippen molar-refractivity contribution in [2.45, 2.75) is 65.7 Å². The summed E-state index contributed by atoms with van der Waals surface area (Å²) in [6.45, 7) is 8.77. The van der Waals surface area contributed by atoms with Crippen molar-refractivity contribution in [3.05, 3.63) is 0 Å². The number of rotatable bonds is 11. The van der Waals surface area contributed by atoms with Crippen molar-refractivity contribution in [1.29, 1.82) is 0 Å². The lowest BCUT2D eigenvalue weighted by Gasteiger charge is -2.18. The van der Waals surface area contributed by atoms with Crippen LogP contribution in [0.1, 0.15) is 65.7 Å². The standard InChI is InChI=1S/C14H29NO/c1-4-6-7-8-9-10-11-12-15(5-2)13-14(3)16/h4-13H2,1-3H3. The van der Waals surface area contributed by atoms with Crippen molar-refractivity contribution >= 4 is 5.78 Å². The molecule has 0 aliphatic heterocycles. The Kier molecular flexibility index (Phi) is 10.9. The third-order valence-electron chi connectivity index (χ3n) is 2.97. The van der Waals surface area contributed by atoms with E-state index in [1.807, 2.05) is 0 Å². The number of likely N-dealkylation sites (N-methyl/N-ethyl adjacent to an activating group) is 1. The topological polar surface area (TPSA) is 20.3 Å². The molecule has 0 atom stereocenters. The SMILES string of the molecule is CCCCCCCCCN(CC)CC(C)=O. The number of carbonyl (C=O) groups is 1. The Labute approximate surface area is 101 Å². The van der Waals surface area contributed by atoms with Gasteiger partial charge >= 0.3 is 0 Å². The van der Waals surface area contributed by atoms with Crippen LogP contribution in [-0.2, 0) is 4.79 Å². The molecule has 2 nitrogen and oxygen atoms in total. The van der Waals surface area contributed by atoms with E-state index in [1.165, 1.54) is 44.9 Å². The van der Waals surface area contributed by atoms with E-state index >= 15 is 0 Å². The molecule has 0 aliphatic carbocycles. The van der Waals surface area contributed by atoms with E-state index in [9.17, 15) is 4.79 Å². The molecule has 0 aliphatic rings. The zero-order valence-electron chi connectivity index (χ0n) is 11.4. The van der Waals surface area contributed by atoms with E-state index in [0.717, 1.165) is 13.1 Å². The fraction of sp³-hybridized carbons (Fsp3) is 0.929. The van der Waals surface area contributed by atoms with E-state index in [2.05, 4.69) is 18.7 Å². The highest BCUT2D eigenvalue weighted by Crippen LogP contribution is 2.07. The Morgan fingerprint density at radius 2 is 1.50 bits per heavy atom. The van der Waals surface area contributed by atoms with Crippen molar-refractivity contribution < 1.29 is 4.79 Å². The van der Waals surface area contributed by atoms with Crippen LogP contribution in [0.25, 0.3) is 0 Å². The lowest BCUT2D eigenvalue weighted by Crippen LogP contribution is -2.29. The van der Waals surface area contributed by atoms with Crippen molar-refractivity contribution in [3.63, 3.8) is 0 Å². The van der Waals surface area contributed by atoms with E-state index in [1.54, 1.807) is 6.92 Å². The first-order valence-corrected chi connectivity index (χ1v) is 6.92. The Balaban J connectivity index is 3.31. The van der Waals surface area contributed by atoms with Gasteiger partial charge in [0.25, 0.3) is 0 Å². The maximum atomic E-state index is 11.0. The quantitative estimate of drug-likeness (QED) is 0.502. The molecule has 0 fully saturated rings. The number of unbranched alkanes of at least 4 members (excludes halogenated alkanes) is 6. The van der Waals surface area contributed by atoms with Crippen molar-refractivity contribution in [1.82, 2.24) is 4.90 Å². The van der Waals surface area contributed by atoms with Gasteiger partial charge in [-0.25, -0.2) is 0 Å². The van der Waals surface area contributed by atoms with Gasteiger partial charge in [-0.3, -0.25) is 9.69 Å². The van der Waals surface area contributed by atoms with Gasteiger partial charge in [-0.05, 0) is 26.4 Å². The molecule has 0 unspecified atom stereocenters. The monoisotopic (exact) mass is 227 g/mol. The molecule has 0 saturated carbocycles. The third-order valence-corrected chi connectivity index (χ3v) is 2.97. The van der Waals surface area contributed by atoms with Gasteiger partial charge in [0.2, 0.25) is 0 Å². The van der Waals surface area contributed by atoms with Gasteiger partial charge in [-0.1, -0.05) is 52.4 Å². The highest BCUT2D eigenvalue weighted by Gasteiger charge is 2.04. The maximum Gasteiger partial charge on any atom is 0.143 e. The minimum Gasteiger partial charge on any atom is -0.299 e. The number of carbonyl (C=O) groups excluding carboxylic acids is 1. The van der Waals surface area contributed by atoms with Crippen LogP contribution in [0.5, 0.6) is 0 Å². The van der Waals surface area contributed by atoms with Crippen LogP contribution in [0.3, 0.4) is 0 Å². The van der Waals surface area contributed by atoms with Gasteiger partial charge in [-0.15, -0.1) is 0 Å². The van der Waals surface area contributed by atoms with Gasteiger partial charge in [0.05, 0.1) is 6.54 Å². The highest BCUT2D eigenvalue weighted by atomic mass is 16.1. The van der Waals surface area contributed by atoms with Gasteiger partial charge < -0.3 is 0 Å². The molecule has 2 heteroatoms. The fourth-order valence-electron chi connectivity index (χ4n) is 1.96. The predicted molar refractivity (Wildman–Crippen MR) is 70.8 cm³/mol. The summed E-state index contributed by atoms with van der Waals surface area (Å²) in [5.74, 6) is 0.282. The molecule has 0 spiro atoms. The molecule has 0 rings (SSSR count). The second kappa shape index (κ2) is 11.1. The first kappa shape index (κ1) is 15.6. The second-order valence-electron chi connectivity index (χ2n) is 4.69. The van der Waals surface area contributed by atoms with E-state index in [0.29, 0.717) is 6.54 Å². The molecule has 16 heavy (non-hydrogen) atoms. The summed E-state index contributed by atoms with van der Waals surface area (Å²) in [6, 6.07) is 0. The molecule has 96 valence electrons. The molecule has 0 heterocycles. The molecular weight excluding hydrogens is 198 g/mol. The van der Waals surface area contributed by atoms with Crippen LogP contribution in [0.2, 0.25) is 0 Å². The average molecular weight is 227 g/mol. The normalized spacial score (nSPS) is 11.0. The minimum absolute atomic E-state index is 0.282. The summed E-state index contributed by atoms with van der Waals surface area (Å²) < 4.78 is 0. The van der Waals surface area contributed by atoms with Crippen LogP contribution in [0.4, 0.5) is 0 Å². The Hall–Kier alpha value is -0.370. The number of ketones is 1. The van der Waals surface area contributed by atoms with Crippen LogP contribution in [0.15, 0.2) is 0 Å². The molecule has 0 bridgehead atoms. The first-order valence-electron chi connectivity index (χ1n) is 6.92. The maximum absolute atomic E-state index is 11.0. The molecule has 0 N–H and O–H groups in total. The fourth-order valence-corrected chi connectivity index (χ4v) is 1.96. The molecule has 0 radical (unpaired) electrons. The molecular formula is C14H29NO. The summed E-state index contributed by atoms with van der Waals surface area (Å²) in [7, 11) is 0. The Morgan fingerprint density at radius 1 is 0.938 bits per heavy atom. The smallest absolute Gasteiger partial charge is 0.143 e. The second-order valence-corrected chi connectivity index (χ2v) is 4.69. The molecule has 0 aromatic heterocycles. The highest BCUT2D eigenvalue weighted by molar-refractivity contribution is 5.77. The van der Waals surface area contributed by atoms with E-state index in [4.69, 9.17) is 0 Å². The lowest BCUT2D eigenvalue weighted by molar-refractivity contribution is -0.118. The van der Waals surface area contributed by atoms with Crippen LogP contribution >= 0.6 is 0 Å². The third kappa shape index (κ3) is 10.2. The Morgan fingerprint density at radius 3 is 2.00 bits per heavy atom. The zero-order chi connectivity index (χ0) is 12.2. The van der Waals surface area contributed by atoms with Crippen molar-refractivity contribution in [3.8, 4) is 0 Å². The van der Waals surface area contributed by atoms with Crippen LogP contribution in [0, 0.1) is 0 Å². The predicted octanol–water partition coefficient (Wildman–Crippen LogP) is 3.65. The Bertz CT molecular complexity index is 168. The summed E-state index contributed by atoms with van der Waals surface area (Å²) in [5, 5.41) is 0. The van der Waals surface area contributed by atoms with Gasteiger partial charge in [0.1, 0.15) is 5.78 Å². The summed E-state index contributed by atoms with van der Waals surface area (Å²) in [6.07, 6.45) is 9.39. The molecule has 0 aromatic carbocycles. The summed E-state index contributed by atoms with van der Waals surface area (Å²) in [5.41, 5.74) is 0. The van der Waals surface area contributed by atoms with Crippen LogP contribution < -0.4 is 0 Å². The number of hydrogen-bond donors (Lipinski definition) is 0. The largest absolute Gasteiger partial charge is 0.299 e. The van der Waals surface area contributed by atoms with Gasteiger partial charge in [0, 0.05) is 0 Å².